The smallest absolute Gasteiger partial charge is 0.298 e. The Hall–Kier alpha value is -1.98. The Kier molecular flexibility index (Phi) is 3.19. The summed E-state index contributed by atoms with van der Waals surface area (Å²) in [5.41, 5.74) is 0.279. The third-order valence-corrected chi connectivity index (χ3v) is 5.14. The van der Waals surface area contributed by atoms with E-state index in [4.69, 9.17) is 0 Å². The summed E-state index contributed by atoms with van der Waals surface area (Å²) in [5.74, 6) is 0.546. The molecule has 3 rings (SSSR count). The van der Waals surface area contributed by atoms with E-state index >= 15 is 0 Å². The van der Waals surface area contributed by atoms with Crippen molar-refractivity contribution < 1.29 is 0 Å². The molecule has 2 heterocycles. The fourth-order valence-corrected chi connectivity index (χ4v) is 3.35. The number of aromatic nitrogens is 4. The van der Waals surface area contributed by atoms with Crippen molar-refractivity contribution in [2.45, 2.75) is 39.7 Å². The Morgan fingerprint density at radius 2 is 2.00 bits per heavy atom. The van der Waals surface area contributed by atoms with Gasteiger partial charge in [-0.1, -0.05) is 26.7 Å². The fourth-order valence-electron chi connectivity index (χ4n) is 3.35. The first-order chi connectivity index (χ1) is 10.0. The SMILES string of the molecule is CCC1(CC)CC1Cn1cnc2c(cnc(=O)n2C)c1=O. The summed E-state index contributed by atoms with van der Waals surface area (Å²) in [6, 6.07) is 0. The third-order valence-electron chi connectivity index (χ3n) is 5.14. The van der Waals surface area contributed by atoms with Crippen molar-refractivity contribution >= 4 is 11.0 Å². The summed E-state index contributed by atoms with van der Waals surface area (Å²) < 4.78 is 2.97. The molecule has 112 valence electrons. The lowest BCUT2D eigenvalue weighted by atomic mass is 9.97. The first-order valence-corrected chi connectivity index (χ1v) is 7.43. The Morgan fingerprint density at radius 1 is 1.29 bits per heavy atom. The largest absolute Gasteiger partial charge is 0.348 e. The molecule has 2 aromatic heterocycles. The van der Waals surface area contributed by atoms with Crippen molar-refractivity contribution in [1.29, 1.82) is 0 Å². The van der Waals surface area contributed by atoms with Gasteiger partial charge in [-0.2, -0.15) is 0 Å². The second-order valence-corrected chi connectivity index (χ2v) is 6.01. The molecule has 0 saturated heterocycles. The van der Waals surface area contributed by atoms with Crippen molar-refractivity contribution in [3.8, 4) is 0 Å². The first-order valence-electron chi connectivity index (χ1n) is 7.43. The molecule has 21 heavy (non-hydrogen) atoms. The summed E-state index contributed by atoms with van der Waals surface area (Å²) in [4.78, 5) is 32.0. The predicted molar refractivity (Wildman–Crippen MR) is 80.2 cm³/mol. The highest BCUT2D eigenvalue weighted by Gasteiger charge is 2.50. The molecule has 2 aromatic rings. The normalized spacial score (nSPS) is 19.9. The van der Waals surface area contributed by atoms with Gasteiger partial charge in [0, 0.05) is 19.8 Å². The molecule has 1 unspecified atom stereocenters. The van der Waals surface area contributed by atoms with Gasteiger partial charge in [-0.15, -0.1) is 0 Å². The average Bonchev–Trinajstić information content (AvgIpc) is 3.19. The van der Waals surface area contributed by atoms with E-state index in [0.29, 0.717) is 28.9 Å². The summed E-state index contributed by atoms with van der Waals surface area (Å²) in [6.45, 7) is 5.13. The lowest BCUT2D eigenvalue weighted by Crippen LogP contribution is -2.27. The maximum absolute atomic E-state index is 12.5. The molecule has 1 atom stereocenters. The molecule has 1 aliphatic rings. The van der Waals surface area contributed by atoms with E-state index in [1.54, 1.807) is 17.9 Å². The number of aryl methyl sites for hydroxylation is 1. The van der Waals surface area contributed by atoms with Gasteiger partial charge in [0.1, 0.15) is 5.39 Å². The van der Waals surface area contributed by atoms with Crippen LogP contribution in [0.3, 0.4) is 0 Å². The molecule has 0 radical (unpaired) electrons. The van der Waals surface area contributed by atoms with E-state index in [2.05, 4.69) is 23.8 Å². The molecule has 0 amide bonds. The maximum atomic E-state index is 12.5. The highest BCUT2D eigenvalue weighted by Crippen LogP contribution is 2.58. The van der Waals surface area contributed by atoms with Crippen molar-refractivity contribution in [3.63, 3.8) is 0 Å². The van der Waals surface area contributed by atoms with Gasteiger partial charge in [-0.05, 0) is 17.8 Å². The van der Waals surface area contributed by atoms with Crippen molar-refractivity contribution in [2.75, 3.05) is 0 Å². The summed E-state index contributed by atoms with van der Waals surface area (Å²) in [7, 11) is 1.58. The summed E-state index contributed by atoms with van der Waals surface area (Å²) in [5, 5.41) is 0.402. The number of rotatable bonds is 4. The molecule has 0 aliphatic heterocycles. The number of hydrogen-bond donors (Lipinski definition) is 0. The molecule has 0 bridgehead atoms. The molecule has 0 N–H and O–H groups in total. The van der Waals surface area contributed by atoms with Gasteiger partial charge in [0.15, 0.2) is 5.65 Å². The molecule has 1 aliphatic carbocycles. The van der Waals surface area contributed by atoms with Crippen LogP contribution in [0.5, 0.6) is 0 Å². The lowest BCUT2D eigenvalue weighted by molar-refractivity contribution is 0.393. The van der Waals surface area contributed by atoms with Crippen LogP contribution in [-0.2, 0) is 13.6 Å². The molecule has 0 aromatic carbocycles. The zero-order chi connectivity index (χ0) is 15.2. The monoisotopic (exact) mass is 288 g/mol. The zero-order valence-electron chi connectivity index (χ0n) is 12.7. The third kappa shape index (κ3) is 2.09. The van der Waals surface area contributed by atoms with Crippen molar-refractivity contribution in [1.82, 2.24) is 19.1 Å². The van der Waals surface area contributed by atoms with E-state index in [-0.39, 0.29) is 5.56 Å². The van der Waals surface area contributed by atoms with Crippen LogP contribution >= 0.6 is 0 Å². The minimum absolute atomic E-state index is 0.115. The molecular weight excluding hydrogens is 268 g/mol. The molecule has 1 fully saturated rings. The van der Waals surface area contributed by atoms with Crippen LogP contribution in [0.1, 0.15) is 33.1 Å². The minimum Gasteiger partial charge on any atom is -0.298 e. The highest BCUT2D eigenvalue weighted by atomic mass is 16.1. The predicted octanol–water partition coefficient (Wildman–Crippen LogP) is 1.32. The van der Waals surface area contributed by atoms with Gasteiger partial charge in [-0.25, -0.2) is 14.8 Å². The molecule has 6 nitrogen and oxygen atoms in total. The van der Waals surface area contributed by atoms with Crippen LogP contribution < -0.4 is 11.2 Å². The van der Waals surface area contributed by atoms with Crippen LogP contribution in [0.15, 0.2) is 22.1 Å². The second-order valence-electron chi connectivity index (χ2n) is 6.01. The Balaban J connectivity index is 1.99. The molecule has 0 spiro atoms. The van der Waals surface area contributed by atoms with Gasteiger partial charge in [0.05, 0.1) is 6.33 Å². The van der Waals surface area contributed by atoms with Gasteiger partial charge in [0.25, 0.3) is 5.56 Å². The fraction of sp³-hybridized carbons (Fsp3) is 0.600. The van der Waals surface area contributed by atoms with Gasteiger partial charge >= 0.3 is 5.69 Å². The number of hydrogen-bond acceptors (Lipinski definition) is 4. The lowest BCUT2D eigenvalue weighted by Gasteiger charge is -2.13. The number of fused-ring (bicyclic) bond motifs is 1. The summed E-state index contributed by atoms with van der Waals surface area (Å²) in [6.07, 6.45) is 6.37. The maximum Gasteiger partial charge on any atom is 0.348 e. The molecular formula is C15H20N4O2. The van der Waals surface area contributed by atoms with Crippen molar-refractivity contribution in [3.05, 3.63) is 33.4 Å². The van der Waals surface area contributed by atoms with Gasteiger partial charge in [0.2, 0.25) is 0 Å². The Labute approximate surface area is 122 Å². The zero-order valence-corrected chi connectivity index (χ0v) is 12.7. The first kappa shape index (κ1) is 14.0. The van der Waals surface area contributed by atoms with E-state index < -0.39 is 5.69 Å². The van der Waals surface area contributed by atoms with E-state index in [9.17, 15) is 9.59 Å². The van der Waals surface area contributed by atoms with Crippen molar-refractivity contribution in [2.24, 2.45) is 18.4 Å². The van der Waals surface area contributed by atoms with Gasteiger partial charge < -0.3 is 0 Å². The molecule has 1 saturated carbocycles. The number of nitrogens with zero attached hydrogens (tertiary/aromatic N) is 4. The highest BCUT2D eigenvalue weighted by molar-refractivity contribution is 5.72. The van der Waals surface area contributed by atoms with E-state index in [0.717, 1.165) is 12.8 Å². The standard InChI is InChI=1S/C15H20N4O2/c1-4-15(5-2)6-10(15)8-19-9-17-12-11(13(19)20)7-16-14(21)18(12)3/h7,9-10H,4-6,8H2,1-3H3. The van der Waals surface area contributed by atoms with Crippen LogP contribution in [0.25, 0.3) is 11.0 Å². The van der Waals surface area contributed by atoms with E-state index in [1.807, 2.05) is 0 Å². The van der Waals surface area contributed by atoms with Crippen LogP contribution in [0, 0.1) is 11.3 Å². The summed E-state index contributed by atoms with van der Waals surface area (Å²) >= 11 is 0. The average molecular weight is 288 g/mol. The van der Waals surface area contributed by atoms with Crippen LogP contribution in [0.2, 0.25) is 0 Å². The quantitative estimate of drug-likeness (QED) is 0.850. The Bertz CT molecular complexity index is 801. The van der Waals surface area contributed by atoms with E-state index in [1.165, 1.54) is 17.2 Å². The molecule has 6 heteroatoms. The second kappa shape index (κ2) is 4.79. The van der Waals surface area contributed by atoms with Gasteiger partial charge in [-0.3, -0.25) is 13.9 Å². The minimum atomic E-state index is -0.398. The topological polar surface area (TPSA) is 69.8 Å². The van der Waals surface area contributed by atoms with Crippen LogP contribution in [0.4, 0.5) is 0 Å². The Morgan fingerprint density at radius 3 is 2.62 bits per heavy atom. The van der Waals surface area contributed by atoms with Crippen LogP contribution in [-0.4, -0.2) is 19.1 Å².